The van der Waals surface area contributed by atoms with Gasteiger partial charge in [0.2, 0.25) is 0 Å². The predicted octanol–water partition coefficient (Wildman–Crippen LogP) is 16.6. The van der Waals surface area contributed by atoms with Crippen molar-refractivity contribution >= 4 is 50.0 Å². The first-order chi connectivity index (χ1) is 31.5. The zero-order valence-electron chi connectivity index (χ0n) is 40.4. The Morgan fingerprint density at radius 3 is 1.03 bits per heavy atom. The molecular formula is C62H64O2SiZr-4. The Morgan fingerprint density at radius 2 is 0.742 bits per heavy atom. The molecule has 0 amide bonds. The van der Waals surface area contributed by atoms with E-state index in [2.05, 4.69) is 171 Å². The topological polar surface area (TPSA) is 40.5 Å². The Labute approximate surface area is 411 Å². The summed E-state index contributed by atoms with van der Waals surface area (Å²) in [6, 6.07) is 71.3. The average molecular weight is 961 g/mol. The van der Waals surface area contributed by atoms with E-state index in [1.807, 2.05) is 98.8 Å². The number of aryl methyl sites for hydroxylation is 4. The van der Waals surface area contributed by atoms with Crippen molar-refractivity contribution in [2.75, 3.05) is 0 Å². The van der Waals surface area contributed by atoms with Crippen LogP contribution in [-0.4, -0.2) is 17.1 Å². The second-order valence-corrected chi connectivity index (χ2v) is 18.3. The van der Waals surface area contributed by atoms with Crippen molar-refractivity contribution in [1.29, 1.82) is 0 Å². The van der Waals surface area contributed by atoms with Crippen molar-refractivity contribution in [3.05, 3.63) is 240 Å². The molecule has 0 saturated heterocycles. The molecule has 0 aromatic heterocycles. The standard InChI is InChI=1S/2C14H11.2C11H16O.2C6H5.Si.Zr/c2*1-10-8-12-7-6-11-4-2-3-5-13(11)14(12)9-10;2*1-8-5-6-10(12)9(7-8)11(2,3)4;2*1-2-4-6-5-3-1;;/h2*2-9H,1H3;2*5-7,12H,1-4H3;2*1-5H;;/q2*-1;;;2*-1;;. The van der Waals surface area contributed by atoms with Crippen molar-refractivity contribution in [3.8, 4) is 11.5 Å². The molecule has 2 N–H and O–H groups in total. The number of benzene rings is 8. The van der Waals surface area contributed by atoms with Gasteiger partial charge in [-0.05, 0) is 47.9 Å². The molecule has 0 saturated carbocycles. The van der Waals surface area contributed by atoms with Gasteiger partial charge in [-0.3, -0.25) is 0 Å². The van der Waals surface area contributed by atoms with Crippen LogP contribution in [0.1, 0.15) is 74.9 Å². The number of phenols is 2. The minimum atomic E-state index is 0.0239. The van der Waals surface area contributed by atoms with Crippen molar-refractivity contribution < 1.29 is 33.5 Å². The normalized spacial score (nSPS) is 10.5. The molecule has 0 fully saturated rings. The van der Waals surface area contributed by atoms with Gasteiger partial charge in [0, 0.05) is 0 Å². The van der Waals surface area contributed by atoms with Crippen LogP contribution in [0, 0.1) is 39.8 Å². The average Bonchev–Trinajstić information content (AvgIpc) is 3.91. The van der Waals surface area contributed by atoms with Crippen molar-refractivity contribution in [2.45, 2.75) is 80.1 Å². The second kappa shape index (κ2) is 25.8. The first-order valence-corrected chi connectivity index (χ1v) is 26.5. The molecule has 0 heterocycles. The van der Waals surface area contributed by atoms with Crippen LogP contribution in [0.15, 0.2) is 194 Å². The minimum absolute atomic E-state index is 0.0239. The fourth-order valence-corrected chi connectivity index (χ4v) is 7.41. The molecule has 10 rings (SSSR count). The number of fused-ring (bicyclic) bond motifs is 6. The van der Waals surface area contributed by atoms with Crippen LogP contribution in [0.4, 0.5) is 0 Å². The van der Waals surface area contributed by atoms with E-state index in [1.165, 1.54) is 88.7 Å². The maximum absolute atomic E-state index is 9.57. The summed E-state index contributed by atoms with van der Waals surface area (Å²) < 4.78 is 0. The SMILES string of the molecule is Cc1cc2ccc3ccccc3c2[cH-]1.Cc1cc2ccc3ccccc3c2[cH-]1.Cc1ccc(O)c(C(C)(C)C)c1.Cc1ccc(O)c(C(C)(C)C)c1.[Si]=[Zr].[c-]1ccccc1.[c-]1ccccc1. The molecule has 10 aromatic carbocycles. The largest absolute Gasteiger partial charge is 0.184 e. The summed E-state index contributed by atoms with van der Waals surface area (Å²) in [6.45, 7) is 24.0. The van der Waals surface area contributed by atoms with Gasteiger partial charge in [0.1, 0.15) is 11.5 Å². The number of hydrogen-bond donors (Lipinski definition) is 2. The third kappa shape index (κ3) is 16.3. The van der Waals surface area contributed by atoms with E-state index in [9.17, 15) is 10.2 Å². The molecule has 66 heavy (non-hydrogen) atoms. The molecular weight excluding hydrogens is 896 g/mol. The van der Waals surface area contributed by atoms with Gasteiger partial charge in [-0.15, -0.1) is 56.9 Å². The van der Waals surface area contributed by atoms with Gasteiger partial charge in [-0.1, -0.05) is 173 Å². The molecule has 10 aromatic rings. The Hall–Kier alpha value is -5.80. The molecule has 2 radical (unpaired) electrons. The Bertz CT molecular complexity index is 2730. The van der Waals surface area contributed by atoms with Crippen LogP contribution in [0.2, 0.25) is 0 Å². The molecule has 0 atom stereocenters. The zero-order chi connectivity index (χ0) is 48.3. The van der Waals surface area contributed by atoms with Crippen LogP contribution in [0.25, 0.3) is 43.1 Å². The Balaban J connectivity index is 0.000000176. The van der Waals surface area contributed by atoms with Crippen LogP contribution >= 0.6 is 0 Å². The van der Waals surface area contributed by atoms with E-state index < -0.39 is 0 Å². The van der Waals surface area contributed by atoms with Gasteiger partial charge in [0.05, 0.1) is 0 Å². The monoisotopic (exact) mass is 958 g/mol. The van der Waals surface area contributed by atoms with Gasteiger partial charge in [-0.25, -0.2) is 0 Å². The molecule has 0 unspecified atom stereocenters. The Morgan fingerprint density at radius 1 is 0.409 bits per heavy atom. The van der Waals surface area contributed by atoms with Crippen LogP contribution in [-0.2, 0) is 34.2 Å². The summed E-state index contributed by atoms with van der Waals surface area (Å²) >= 11 is 1.36. The van der Waals surface area contributed by atoms with Crippen LogP contribution < -0.4 is 0 Å². The van der Waals surface area contributed by atoms with Gasteiger partial charge < -0.3 is 10.2 Å². The van der Waals surface area contributed by atoms with Crippen molar-refractivity contribution in [2.24, 2.45) is 0 Å². The molecule has 0 bridgehead atoms. The van der Waals surface area contributed by atoms with Gasteiger partial charge in [-0.2, -0.15) is 84.9 Å². The van der Waals surface area contributed by atoms with E-state index in [-0.39, 0.29) is 10.8 Å². The molecule has 2 nitrogen and oxygen atoms in total. The fourth-order valence-electron chi connectivity index (χ4n) is 7.41. The predicted molar refractivity (Wildman–Crippen MR) is 283 cm³/mol. The van der Waals surface area contributed by atoms with Crippen LogP contribution in [0.5, 0.6) is 11.5 Å². The number of hydrogen-bond acceptors (Lipinski definition) is 2. The summed E-state index contributed by atoms with van der Waals surface area (Å²) in [7, 11) is 0. The third-order valence-electron chi connectivity index (χ3n) is 10.7. The van der Waals surface area contributed by atoms with E-state index in [4.69, 9.17) is 0 Å². The van der Waals surface area contributed by atoms with E-state index >= 15 is 0 Å². The first-order valence-electron chi connectivity index (χ1n) is 22.3. The molecule has 0 spiro atoms. The van der Waals surface area contributed by atoms with Crippen molar-refractivity contribution in [3.63, 3.8) is 0 Å². The van der Waals surface area contributed by atoms with Gasteiger partial charge in [0.15, 0.2) is 0 Å². The maximum Gasteiger partial charge on any atom is -0.171 e. The molecule has 0 aliphatic carbocycles. The summed E-state index contributed by atoms with van der Waals surface area (Å²) in [4.78, 5) is 0. The third-order valence-corrected chi connectivity index (χ3v) is 10.7. The number of rotatable bonds is 0. The maximum atomic E-state index is 9.57. The molecule has 4 heteroatoms. The summed E-state index contributed by atoms with van der Waals surface area (Å²) in [5.41, 5.74) is 7.15. The smallest absolute Gasteiger partial charge is 0.171 e. The summed E-state index contributed by atoms with van der Waals surface area (Å²) in [6.07, 6.45) is 0. The quantitative estimate of drug-likeness (QED) is 0.117. The summed E-state index contributed by atoms with van der Waals surface area (Å²) in [5, 5.41) is 30.0. The van der Waals surface area contributed by atoms with E-state index in [0.29, 0.717) is 11.5 Å². The fraction of sp³-hybridized carbons (Fsp3) is 0.194. The summed E-state index contributed by atoms with van der Waals surface area (Å²) in [5.74, 6) is 0.793. The molecule has 336 valence electrons. The number of aromatic hydroxyl groups is 2. The Kier molecular flexibility index (Phi) is 20.6. The van der Waals surface area contributed by atoms with E-state index in [1.54, 1.807) is 12.1 Å². The first kappa shape index (κ1) is 52.8. The van der Waals surface area contributed by atoms with Crippen LogP contribution in [0.3, 0.4) is 0 Å². The second-order valence-electron chi connectivity index (χ2n) is 18.3. The molecule has 0 aliphatic heterocycles. The van der Waals surface area contributed by atoms with Gasteiger partial charge >= 0.3 is 30.2 Å². The molecule has 0 aliphatic rings. The van der Waals surface area contributed by atoms with Gasteiger partial charge in [0.25, 0.3) is 0 Å². The van der Waals surface area contributed by atoms with Crippen molar-refractivity contribution in [1.82, 2.24) is 0 Å². The minimum Gasteiger partial charge on any atom is -0.184 e. The number of phenolic OH excluding ortho intramolecular Hbond substituents is 2. The zero-order valence-corrected chi connectivity index (χ0v) is 43.8. The van der Waals surface area contributed by atoms with E-state index in [0.717, 1.165) is 11.1 Å².